The van der Waals surface area contributed by atoms with E-state index in [0.29, 0.717) is 0 Å². The summed E-state index contributed by atoms with van der Waals surface area (Å²) in [6, 6.07) is 7.32. The van der Waals surface area contributed by atoms with Crippen LogP contribution in [0.5, 0.6) is 0 Å². The molecule has 0 radical (unpaired) electrons. The van der Waals surface area contributed by atoms with Crippen LogP contribution >= 0.6 is 0 Å². The molecule has 0 heterocycles. The summed E-state index contributed by atoms with van der Waals surface area (Å²) in [4.78, 5) is 12.6. The van der Waals surface area contributed by atoms with Gasteiger partial charge in [0.05, 0.1) is 0 Å². The zero-order valence-electron chi connectivity index (χ0n) is 7.74. The molecule has 0 N–H and O–H groups in total. The lowest BCUT2D eigenvalue weighted by Gasteiger charge is -2.14. The van der Waals surface area contributed by atoms with Gasteiger partial charge >= 0.3 is 0 Å². The molecule has 0 aromatic heterocycles. The zero-order chi connectivity index (χ0) is 9.84. The Bertz CT molecular complexity index is 363. The lowest BCUT2D eigenvalue weighted by Crippen LogP contribution is -2.22. The second-order valence-electron chi connectivity index (χ2n) is 2.77. The second kappa shape index (κ2) is 3.77. The van der Waals surface area contributed by atoms with E-state index in [2.05, 4.69) is 5.92 Å². The van der Waals surface area contributed by atoms with E-state index in [9.17, 15) is 4.79 Å². The minimum absolute atomic E-state index is 0.00540. The Hall–Kier alpha value is -1.75. The van der Waals surface area contributed by atoms with Gasteiger partial charge in [0, 0.05) is 25.2 Å². The third-order valence-corrected chi connectivity index (χ3v) is 1.87. The lowest BCUT2D eigenvalue weighted by atomic mass is 10.2. The average Bonchev–Trinajstić information content (AvgIpc) is 2.16. The van der Waals surface area contributed by atoms with Gasteiger partial charge in [-0.05, 0) is 18.2 Å². The predicted octanol–water partition coefficient (Wildman–Crippen LogP) is 1.65. The number of rotatable bonds is 1. The number of amides is 1. The standard InChI is InChI=1S/C11H11NO/c1-4-10-6-5-7-11(8-10)12(3)9(2)13/h1,5-8H,2-3H3. The summed E-state index contributed by atoms with van der Waals surface area (Å²) >= 11 is 0. The monoisotopic (exact) mass is 173 g/mol. The van der Waals surface area contributed by atoms with Crippen molar-refractivity contribution in [2.45, 2.75) is 6.92 Å². The van der Waals surface area contributed by atoms with Crippen molar-refractivity contribution in [3.63, 3.8) is 0 Å². The van der Waals surface area contributed by atoms with Crippen molar-refractivity contribution in [2.24, 2.45) is 0 Å². The molecule has 1 aromatic carbocycles. The summed E-state index contributed by atoms with van der Waals surface area (Å²) in [5, 5.41) is 0. The van der Waals surface area contributed by atoms with E-state index in [1.165, 1.54) is 6.92 Å². The predicted molar refractivity (Wildman–Crippen MR) is 53.5 cm³/mol. The summed E-state index contributed by atoms with van der Waals surface area (Å²) in [7, 11) is 1.72. The fraction of sp³-hybridized carbons (Fsp3) is 0.182. The molecule has 0 bridgehead atoms. The van der Waals surface area contributed by atoms with E-state index in [1.54, 1.807) is 18.0 Å². The Morgan fingerprint density at radius 1 is 1.54 bits per heavy atom. The van der Waals surface area contributed by atoms with Crippen molar-refractivity contribution < 1.29 is 4.79 Å². The highest BCUT2D eigenvalue weighted by Crippen LogP contribution is 2.13. The molecule has 0 fully saturated rings. The number of hydrogen-bond donors (Lipinski definition) is 0. The van der Waals surface area contributed by atoms with Gasteiger partial charge in [0.2, 0.25) is 5.91 Å². The molecule has 0 aliphatic heterocycles. The maximum atomic E-state index is 11.0. The van der Waals surface area contributed by atoms with Crippen LogP contribution in [0.25, 0.3) is 0 Å². The SMILES string of the molecule is C#Cc1cccc(N(C)C(C)=O)c1. The van der Waals surface area contributed by atoms with Crippen LogP contribution in [-0.4, -0.2) is 13.0 Å². The number of carbonyl (C=O) groups excluding carboxylic acids is 1. The van der Waals surface area contributed by atoms with Crippen LogP contribution < -0.4 is 4.90 Å². The first-order valence-corrected chi connectivity index (χ1v) is 3.96. The van der Waals surface area contributed by atoms with E-state index >= 15 is 0 Å². The van der Waals surface area contributed by atoms with Gasteiger partial charge in [-0.3, -0.25) is 4.79 Å². The molecule has 1 aromatic rings. The van der Waals surface area contributed by atoms with E-state index in [4.69, 9.17) is 6.42 Å². The lowest BCUT2D eigenvalue weighted by molar-refractivity contribution is -0.116. The fourth-order valence-corrected chi connectivity index (χ4v) is 0.986. The average molecular weight is 173 g/mol. The Morgan fingerprint density at radius 2 is 2.23 bits per heavy atom. The number of hydrogen-bond acceptors (Lipinski definition) is 1. The van der Waals surface area contributed by atoms with Crippen molar-refractivity contribution in [1.29, 1.82) is 0 Å². The molecule has 1 amide bonds. The van der Waals surface area contributed by atoms with Crippen LogP contribution in [0.2, 0.25) is 0 Å². The number of terminal acetylenes is 1. The topological polar surface area (TPSA) is 20.3 Å². The Kier molecular flexibility index (Phi) is 2.71. The van der Waals surface area contributed by atoms with Gasteiger partial charge in [-0.25, -0.2) is 0 Å². The largest absolute Gasteiger partial charge is 0.316 e. The van der Waals surface area contributed by atoms with E-state index in [-0.39, 0.29) is 5.91 Å². The second-order valence-corrected chi connectivity index (χ2v) is 2.77. The van der Waals surface area contributed by atoms with Crippen molar-refractivity contribution in [2.75, 3.05) is 11.9 Å². The number of anilines is 1. The molecule has 0 saturated carbocycles. The molecule has 66 valence electrons. The summed E-state index contributed by atoms with van der Waals surface area (Å²) in [5.74, 6) is 2.52. The molecule has 2 nitrogen and oxygen atoms in total. The molecule has 0 aliphatic carbocycles. The maximum absolute atomic E-state index is 11.0. The first-order valence-electron chi connectivity index (χ1n) is 3.96. The zero-order valence-corrected chi connectivity index (χ0v) is 7.74. The van der Waals surface area contributed by atoms with Gasteiger partial charge in [-0.2, -0.15) is 0 Å². The van der Waals surface area contributed by atoms with E-state index < -0.39 is 0 Å². The normalized spacial score (nSPS) is 9.00. The van der Waals surface area contributed by atoms with Crippen molar-refractivity contribution in [3.05, 3.63) is 29.8 Å². The third-order valence-electron chi connectivity index (χ3n) is 1.87. The van der Waals surface area contributed by atoms with Gasteiger partial charge in [0.25, 0.3) is 0 Å². The third kappa shape index (κ3) is 2.09. The maximum Gasteiger partial charge on any atom is 0.223 e. The smallest absolute Gasteiger partial charge is 0.223 e. The summed E-state index contributed by atoms with van der Waals surface area (Å²) in [6.45, 7) is 1.52. The molecule has 0 atom stereocenters. The van der Waals surface area contributed by atoms with Gasteiger partial charge in [0.15, 0.2) is 0 Å². The first kappa shape index (κ1) is 9.34. The molecule has 0 spiro atoms. The van der Waals surface area contributed by atoms with Crippen LogP contribution in [0.3, 0.4) is 0 Å². The summed E-state index contributed by atoms with van der Waals surface area (Å²) in [6.07, 6.45) is 5.24. The molecule has 0 aliphatic rings. The molecule has 1 rings (SSSR count). The number of benzene rings is 1. The Labute approximate surface area is 78.2 Å². The van der Waals surface area contributed by atoms with Gasteiger partial charge in [-0.15, -0.1) is 6.42 Å². The van der Waals surface area contributed by atoms with Crippen molar-refractivity contribution >= 4 is 11.6 Å². The highest BCUT2D eigenvalue weighted by molar-refractivity contribution is 5.90. The Morgan fingerprint density at radius 3 is 2.77 bits per heavy atom. The highest BCUT2D eigenvalue weighted by Gasteiger charge is 2.04. The van der Waals surface area contributed by atoms with Gasteiger partial charge < -0.3 is 4.90 Å². The van der Waals surface area contributed by atoms with Gasteiger partial charge in [0.1, 0.15) is 0 Å². The molecular weight excluding hydrogens is 162 g/mol. The quantitative estimate of drug-likeness (QED) is 0.591. The summed E-state index contributed by atoms with van der Waals surface area (Å²) < 4.78 is 0. The minimum Gasteiger partial charge on any atom is -0.316 e. The van der Waals surface area contributed by atoms with Crippen LogP contribution in [-0.2, 0) is 4.79 Å². The van der Waals surface area contributed by atoms with Crippen molar-refractivity contribution in [1.82, 2.24) is 0 Å². The highest BCUT2D eigenvalue weighted by atomic mass is 16.2. The van der Waals surface area contributed by atoms with E-state index in [1.807, 2.05) is 18.2 Å². The Balaban J connectivity index is 3.03. The van der Waals surface area contributed by atoms with Crippen LogP contribution in [0.1, 0.15) is 12.5 Å². The van der Waals surface area contributed by atoms with E-state index in [0.717, 1.165) is 11.3 Å². The molecule has 0 unspecified atom stereocenters. The molecule has 2 heteroatoms. The van der Waals surface area contributed by atoms with Crippen LogP contribution in [0, 0.1) is 12.3 Å². The fourth-order valence-electron chi connectivity index (χ4n) is 0.986. The van der Waals surface area contributed by atoms with Crippen molar-refractivity contribution in [3.8, 4) is 12.3 Å². The van der Waals surface area contributed by atoms with Gasteiger partial charge in [-0.1, -0.05) is 12.0 Å². The molecule has 13 heavy (non-hydrogen) atoms. The minimum atomic E-state index is -0.00540. The molecular formula is C11H11NO. The number of carbonyl (C=O) groups is 1. The van der Waals surface area contributed by atoms with Crippen LogP contribution in [0.15, 0.2) is 24.3 Å². The summed E-state index contributed by atoms with van der Waals surface area (Å²) in [5.41, 5.74) is 1.61. The first-order chi connectivity index (χ1) is 6.15. The molecule has 0 saturated heterocycles. The number of nitrogens with zero attached hydrogens (tertiary/aromatic N) is 1. The van der Waals surface area contributed by atoms with Crippen LogP contribution in [0.4, 0.5) is 5.69 Å².